The van der Waals surface area contributed by atoms with Crippen molar-refractivity contribution in [3.05, 3.63) is 33.3 Å². The summed E-state index contributed by atoms with van der Waals surface area (Å²) in [5.41, 5.74) is 4.97. The molecule has 0 spiro atoms. The second-order valence-corrected chi connectivity index (χ2v) is 7.11. The van der Waals surface area contributed by atoms with Crippen molar-refractivity contribution < 1.29 is 13.3 Å². The molecule has 9 heteroatoms. The number of sulfonamides is 1. The second-order valence-electron chi connectivity index (χ2n) is 4.80. The molecule has 7 nitrogen and oxygen atoms in total. The van der Waals surface area contributed by atoms with Crippen LogP contribution in [0.5, 0.6) is 0 Å². The monoisotopic (exact) mass is 305 g/mol. The summed E-state index contributed by atoms with van der Waals surface area (Å²) in [6.45, 7) is 2.14. The number of benzene rings is 1. The summed E-state index contributed by atoms with van der Waals surface area (Å²) < 4.78 is 25.6. The fourth-order valence-electron chi connectivity index (χ4n) is 1.88. The SMILES string of the molecule is CC1(N)CN(S(=O)(=O)c2ccc([N+](=O)[O-])cc2Cl)C1. The third kappa shape index (κ3) is 2.57. The lowest BCUT2D eigenvalue weighted by Gasteiger charge is -2.44. The summed E-state index contributed by atoms with van der Waals surface area (Å²) >= 11 is 5.81. The highest BCUT2D eigenvalue weighted by Gasteiger charge is 2.43. The summed E-state index contributed by atoms with van der Waals surface area (Å²) in [6, 6.07) is 3.28. The zero-order valence-corrected chi connectivity index (χ0v) is 11.6. The number of nitrogens with zero attached hydrogens (tertiary/aromatic N) is 2. The molecule has 19 heavy (non-hydrogen) atoms. The molecule has 0 aromatic heterocycles. The van der Waals surface area contributed by atoms with Crippen molar-refractivity contribution in [2.75, 3.05) is 13.1 Å². The number of nitro benzene ring substituents is 1. The lowest BCUT2D eigenvalue weighted by atomic mass is 9.97. The minimum Gasteiger partial charge on any atom is -0.323 e. The Balaban J connectivity index is 2.35. The maximum atomic E-state index is 12.2. The van der Waals surface area contributed by atoms with Crippen LogP contribution in [0.3, 0.4) is 0 Å². The molecule has 1 saturated heterocycles. The number of halogens is 1. The molecule has 2 N–H and O–H groups in total. The molecule has 1 aliphatic rings. The third-order valence-electron chi connectivity index (χ3n) is 2.82. The van der Waals surface area contributed by atoms with Crippen LogP contribution in [0.15, 0.2) is 23.1 Å². The van der Waals surface area contributed by atoms with Crippen molar-refractivity contribution in [2.45, 2.75) is 17.4 Å². The molecule has 0 aliphatic carbocycles. The van der Waals surface area contributed by atoms with E-state index < -0.39 is 20.5 Å². The average Bonchev–Trinajstić information content (AvgIpc) is 2.25. The van der Waals surface area contributed by atoms with Crippen molar-refractivity contribution in [3.8, 4) is 0 Å². The molecule has 0 atom stereocenters. The number of nitrogens with two attached hydrogens (primary N) is 1. The van der Waals surface area contributed by atoms with E-state index >= 15 is 0 Å². The molecular weight excluding hydrogens is 294 g/mol. The number of hydrogen-bond acceptors (Lipinski definition) is 5. The van der Waals surface area contributed by atoms with E-state index in [4.69, 9.17) is 17.3 Å². The van der Waals surface area contributed by atoms with E-state index in [2.05, 4.69) is 0 Å². The molecule has 1 aliphatic heterocycles. The quantitative estimate of drug-likeness (QED) is 0.661. The van der Waals surface area contributed by atoms with Crippen LogP contribution in [0, 0.1) is 10.1 Å². The van der Waals surface area contributed by atoms with Gasteiger partial charge >= 0.3 is 0 Å². The van der Waals surface area contributed by atoms with Crippen molar-refractivity contribution in [1.82, 2.24) is 4.31 Å². The van der Waals surface area contributed by atoms with Gasteiger partial charge in [0.2, 0.25) is 10.0 Å². The molecule has 1 aromatic carbocycles. The first-order chi connectivity index (χ1) is 8.63. The molecule has 1 heterocycles. The van der Waals surface area contributed by atoms with Crippen LogP contribution in [-0.4, -0.2) is 36.3 Å². The first-order valence-corrected chi connectivity index (χ1v) is 7.18. The zero-order valence-electron chi connectivity index (χ0n) is 10.0. The Morgan fingerprint density at radius 3 is 2.47 bits per heavy atom. The molecule has 104 valence electrons. The van der Waals surface area contributed by atoms with Crippen LogP contribution < -0.4 is 5.73 Å². The van der Waals surface area contributed by atoms with Crippen molar-refractivity contribution in [1.29, 1.82) is 0 Å². The number of nitro groups is 1. The van der Waals surface area contributed by atoms with E-state index in [1.54, 1.807) is 6.92 Å². The van der Waals surface area contributed by atoms with E-state index in [0.717, 1.165) is 18.2 Å². The standard InChI is InChI=1S/C10H12ClN3O4S/c1-10(12)5-13(6-10)19(17,18)9-3-2-7(14(15)16)4-8(9)11/h2-4H,5-6,12H2,1H3. The summed E-state index contributed by atoms with van der Waals surface area (Å²) in [7, 11) is -3.75. The van der Waals surface area contributed by atoms with Crippen LogP contribution in [0.1, 0.15) is 6.92 Å². The van der Waals surface area contributed by atoms with Crippen LogP contribution in [0.25, 0.3) is 0 Å². The van der Waals surface area contributed by atoms with Crippen molar-refractivity contribution in [3.63, 3.8) is 0 Å². The van der Waals surface area contributed by atoms with Gasteiger partial charge in [-0.3, -0.25) is 10.1 Å². The van der Waals surface area contributed by atoms with E-state index in [1.165, 1.54) is 4.31 Å². The van der Waals surface area contributed by atoms with Crippen LogP contribution in [-0.2, 0) is 10.0 Å². The maximum Gasteiger partial charge on any atom is 0.271 e. The van der Waals surface area contributed by atoms with Gasteiger partial charge in [0, 0.05) is 30.8 Å². The van der Waals surface area contributed by atoms with Gasteiger partial charge in [0.25, 0.3) is 5.69 Å². The van der Waals surface area contributed by atoms with Crippen LogP contribution in [0.2, 0.25) is 5.02 Å². The Labute approximate surface area is 115 Å². The third-order valence-corrected chi connectivity index (χ3v) is 5.09. The molecule has 0 amide bonds. The Morgan fingerprint density at radius 2 is 2.05 bits per heavy atom. The van der Waals surface area contributed by atoms with Gasteiger partial charge in [0.05, 0.1) is 9.95 Å². The molecule has 1 fully saturated rings. The summed E-state index contributed by atoms with van der Waals surface area (Å²) in [6.07, 6.45) is 0. The van der Waals surface area contributed by atoms with Gasteiger partial charge < -0.3 is 5.73 Å². The smallest absolute Gasteiger partial charge is 0.271 e. The fraction of sp³-hybridized carbons (Fsp3) is 0.400. The van der Waals surface area contributed by atoms with Crippen LogP contribution in [0.4, 0.5) is 5.69 Å². The van der Waals surface area contributed by atoms with Gasteiger partial charge in [-0.2, -0.15) is 4.31 Å². The van der Waals surface area contributed by atoms with E-state index in [-0.39, 0.29) is 28.7 Å². The van der Waals surface area contributed by atoms with Crippen molar-refractivity contribution in [2.24, 2.45) is 5.73 Å². The van der Waals surface area contributed by atoms with Gasteiger partial charge in [-0.25, -0.2) is 8.42 Å². The highest BCUT2D eigenvalue weighted by Crippen LogP contribution is 2.32. The van der Waals surface area contributed by atoms with E-state index in [0.29, 0.717) is 0 Å². The predicted octanol–water partition coefficient (Wildman–Crippen LogP) is 0.970. The van der Waals surface area contributed by atoms with Gasteiger partial charge in [0.1, 0.15) is 4.90 Å². The molecular formula is C10H12ClN3O4S. The van der Waals surface area contributed by atoms with Gasteiger partial charge in [-0.1, -0.05) is 11.6 Å². The molecule has 2 rings (SSSR count). The number of hydrogen-bond donors (Lipinski definition) is 1. The Morgan fingerprint density at radius 1 is 1.47 bits per heavy atom. The van der Waals surface area contributed by atoms with Gasteiger partial charge in [0.15, 0.2) is 0 Å². The lowest BCUT2D eigenvalue weighted by molar-refractivity contribution is -0.384. The molecule has 0 unspecified atom stereocenters. The first kappa shape index (κ1) is 14.2. The second kappa shape index (κ2) is 4.41. The number of rotatable bonds is 3. The van der Waals surface area contributed by atoms with E-state index in [9.17, 15) is 18.5 Å². The highest BCUT2D eigenvalue weighted by molar-refractivity contribution is 7.89. The minimum absolute atomic E-state index is 0.143. The Bertz CT molecular complexity index is 636. The Kier molecular flexibility index (Phi) is 3.29. The largest absolute Gasteiger partial charge is 0.323 e. The lowest BCUT2D eigenvalue weighted by Crippen LogP contribution is -2.66. The Hall–Kier alpha value is -1.22. The topological polar surface area (TPSA) is 107 Å². The van der Waals surface area contributed by atoms with E-state index in [1.807, 2.05) is 0 Å². The zero-order chi connectivity index (χ0) is 14.4. The molecule has 0 saturated carbocycles. The first-order valence-electron chi connectivity index (χ1n) is 5.36. The summed E-state index contributed by atoms with van der Waals surface area (Å²) in [5, 5.41) is 10.4. The molecule has 0 bridgehead atoms. The number of non-ortho nitro benzene ring substituents is 1. The summed E-state index contributed by atoms with van der Waals surface area (Å²) in [5.74, 6) is 0. The molecule has 1 aromatic rings. The average molecular weight is 306 g/mol. The van der Waals surface area contributed by atoms with Gasteiger partial charge in [-0.15, -0.1) is 0 Å². The normalized spacial score (nSPS) is 18.9. The summed E-state index contributed by atoms with van der Waals surface area (Å²) in [4.78, 5) is 9.79. The highest BCUT2D eigenvalue weighted by atomic mass is 35.5. The van der Waals surface area contributed by atoms with Crippen LogP contribution >= 0.6 is 11.6 Å². The minimum atomic E-state index is -3.75. The van der Waals surface area contributed by atoms with Gasteiger partial charge in [-0.05, 0) is 13.0 Å². The fourth-order valence-corrected chi connectivity index (χ4v) is 4.10. The maximum absolute atomic E-state index is 12.2. The molecule has 0 radical (unpaired) electrons. The predicted molar refractivity (Wildman–Crippen MR) is 69.5 cm³/mol. The van der Waals surface area contributed by atoms with Crippen molar-refractivity contribution >= 4 is 27.3 Å².